The lowest BCUT2D eigenvalue weighted by Gasteiger charge is -2.32. The van der Waals surface area contributed by atoms with Gasteiger partial charge in [-0.3, -0.25) is 4.72 Å². The average Bonchev–Trinajstić information content (AvgIpc) is 2.48. The normalized spacial score (nSPS) is 20.4. The maximum Gasteiger partial charge on any atom is 0.301 e. The molecule has 1 unspecified atom stereocenters. The molecule has 2 rings (SSSR count). The molecule has 1 aliphatic heterocycles. The smallest absolute Gasteiger partial charge is 0.301 e. The molecule has 1 heterocycles. The molecular weight excluding hydrogens is 310 g/mol. The molecule has 0 radical (unpaired) electrons. The first kappa shape index (κ1) is 16.5. The minimum Gasteiger partial charge on any atom is -0.317 e. The van der Waals surface area contributed by atoms with Crippen molar-refractivity contribution in [2.24, 2.45) is 5.92 Å². The number of benzene rings is 1. The Hall–Kier alpha value is -0.820. The molecule has 0 spiro atoms. The van der Waals surface area contributed by atoms with Crippen molar-refractivity contribution in [1.82, 2.24) is 9.62 Å². The fourth-order valence-corrected chi connectivity index (χ4v) is 3.96. The zero-order valence-electron chi connectivity index (χ0n) is 12.2. The van der Waals surface area contributed by atoms with Crippen LogP contribution in [0.2, 0.25) is 5.02 Å². The Kier molecular flexibility index (Phi) is 5.87. The van der Waals surface area contributed by atoms with Crippen LogP contribution in [0.25, 0.3) is 0 Å². The molecule has 2 N–H and O–H groups in total. The summed E-state index contributed by atoms with van der Waals surface area (Å²) >= 11 is 5.80. The van der Waals surface area contributed by atoms with Gasteiger partial charge in [-0.05, 0) is 56.1 Å². The molecule has 1 aromatic rings. The summed E-state index contributed by atoms with van der Waals surface area (Å²) in [7, 11) is -3.49. The van der Waals surface area contributed by atoms with Crippen LogP contribution in [0.15, 0.2) is 24.3 Å². The van der Waals surface area contributed by atoms with E-state index < -0.39 is 10.2 Å². The van der Waals surface area contributed by atoms with Crippen molar-refractivity contribution < 1.29 is 8.42 Å². The molecule has 0 bridgehead atoms. The fraction of sp³-hybridized carbons (Fsp3) is 0.571. The lowest BCUT2D eigenvalue weighted by Crippen LogP contribution is -2.45. The summed E-state index contributed by atoms with van der Waals surface area (Å²) in [5.74, 6) is 0.375. The molecule has 0 saturated carbocycles. The number of halogens is 1. The summed E-state index contributed by atoms with van der Waals surface area (Å²) in [5, 5.41) is 3.87. The van der Waals surface area contributed by atoms with Gasteiger partial charge in [0.15, 0.2) is 0 Å². The molecule has 5 nitrogen and oxygen atoms in total. The monoisotopic (exact) mass is 331 g/mol. The highest BCUT2D eigenvalue weighted by atomic mass is 35.5. The van der Waals surface area contributed by atoms with E-state index in [1.54, 1.807) is 24.3 Å². The van der Waals surface area contributed by atoms with E-state index in [0.717, 1.165) is 25.9 Å². The number of anilines is 1. The predicted octanol–water partition coefficient (Wildman–Crippen LogP) is 2.32. The summed E-state index contributed by atoms with van der Waals surface area (Å²) in [6.45, 7) is 4.97. The van der Waals surface area contributed by atoms with Crippen molar-refractivity contribution in [3.8, 4) is 0 Å². The third-order valence-corrected chi connectivity index (χ3v) is 5.35. The van der Waals surface area contributed by atoms with Crippen molar-refractivity contribution >= 4 is 27.5 Å². The topological polar surface area (TPSA) is 61.4 Å². The van der Waals surface area contributed by atoms with Crippen LogP contribution in [-0.2, 0) is 10.2 Å². The van der Waals surface area contributed by atoms with E-state index in [4.69, 9.17) is 11.6 Å². The number of nitrogens with one attached hydrogen (secondary N) is 2. The summed E-state index contributed by atoms with van der Waals surface area (Å²) < 4.78 is 29.0. The van der Waals surface area contributed by atoms with Crippen LogP contribution in [0, 0.1) is 5.92 Å². The molecule has 1 fully saturated rings. The van der Waals surface area contributed by atoms with E-state index in [9.17, 15) is 8.42 Å². The van der Waals surface area contributed by atoms with Gasteiger partial charge in [-0.1, -0.05) is 18.5 Å². The molecule has 0 aromatic heterocycles. The van der Waals surface area contributed by atoms with E-state index in [1.165, 1.54) is 4.31 Å². The van der Waals surface area contributed by atoms with Gasteiger partial charge in [0.2, 0.25) is 0 Å². The molecule has 1 aliphatic rings. The third-order valence-electron chi connectivity index (χ3n) is 3.60. The van der Waals surface area contributed by atoms with Gasteiger partial charge in [-0.2, -0.15) is 12.7 Å². The summed E-state index contributed by atoms with van der Waals surface area (Å²) in [6.07, 6.45) is 1.97. The van der Waals surface area contributed by atoms with Crippen molar-refractivity contribution in [1.29, 1.82) is 0 Å². The number of piperidine rings is 1. The zero-order valence-corrected chi connectivity index (χ0v) is 13.8. The molecule has 0 amide bonds. The third kappa shape index (κ3) is 4.85. The van der Waals surface area contributed by atoms with Gasteiger partial charge in [0.05, 0.1) is 0 Å². The Bertz CT molecular complexity index is 548. The Morgan fingerprint density at radius 1 is 1.33 bits per heavy atom. The number of nitrogens with zero attached hydrogens (tertiary/aromatic N) is 1. The van der Waals surface area contributed by atoms with Crippen LogP contribution in [0.5, 0.6) is 0 Å². The second kappa shape index (κ2) is 7.45. The zero-order chi connectivity index (χ0) is 15.3. The van der Waals surface area contributed by atoms with Crippen molar-refractivity contribution in [2.45, 2.75) is 19.8 Å². The minimum atomic E-state index is -3.49. The van der Waals surface area contributed by atoms with Crippen molar-refractivity contribution in [3.05, 3.63) is 29.3 Å². The highest BCUT2D eigenvalue weighted by Crippen LogP contribution is 2.21. The Labute approximate surface area is 131 Å². The molecule has 0 aliphatic carbocycles. The van der Waals surface area contributed by atoms with Gasteiger partial charge in [0.1, 0.15) is 0 Å². The Balaban J connectivity index is 1.99. The highest BCUT2D eigenvalue weighted by molar-refractivity contribution is 7.90. The lowest BCUT2D eigenvalue weighted by atomic mass is 10.00. The van der Waals surface area contributed by atoms with E-state index >= 15 is 0 Å². The molecule has 1 atom stereocenters. The van der Waals surface area contributed by atoms with E-state index in [2.05, 4.69) is 17.0 Å². The fourth-order valence-electron chi connectivity index (χ4n) is 2.49. The SMILES string of the molecule is CCNCC1CCCN(S(=O)(=O)Nc2ccc(Cl)cc2)C1. The van der Waals surface area contributed by atoms with Gasteiger partial charge in [0, 0.05) is 23.8 Å². The van der Waals surface area contributed by atoms with Gasteiger partial charge >= 0.3 is 10.2 Å². The lowest BCUT2D eigenvalue weighted by molar-refractivity contribution is 0.262. The van der Waals surface area contributed by atoms with Crippen LogP contribution in [0.4, 0.5) is 5.69 Å². The van der Waals surface area contributed by atoms with Gasteiger partial charge in [0.25, 0.3) is 0 Å². The van der Waals surface area contributed by atoms with Gasteiger partial charge < -0.3 is 5.32 Å². The number of hydrogen-bond acceptors (Lipinski definition) is 3. The maximum absolute atomic E-state index is 12.4. The van der Waals surface area contributed by atoms with Crippen molar-refractivity contribution in [2.75, 3.05) is 30.9 Å². The quantitative estimate of drug-likeness (QED) is 0.841. The van der Waals surface area contributed by atoms with Crippen LogP contribution < -0.4 is 10.0 Å². The van der Waals surface area contributed by atoms with Crippen LogP contribution in [0.3, 0.4) is 0 Å². The molecule has 21 heavy (non-hydrogen) atoms. The number of hydrogen-bond donors (Lipinski definition) is 2. The van der Waals surface area contributed by atoms with Gasteiger partial charge in [-0.25, -0.2) is 0 Å². The first-order chi connectivity index (χ1) is 10.0. The maximum atomic E-state index is 12.4. The standard InChI is InChI=1S/C14H22ClN3O2S/c1-2-16-10-12-4-3-9-18(11-12)21(19,20)17-14-7-5-13(15)6-8-14/h5-8,12,16-17H,2-4,9-11H2,1H3. The van der Waals surface area contributed by atoms with E-state index in [-0.39, 0.29) is 0 Å². The minimum absolute atomic E-state index is 0.375. The average molecular weight is 332 g/mol. The Morgan fingerprint density at radius 2 is 2.05 bits per heavy atom. The van der Waals surface area contributed by atoms with E-state index in [0.29, 0.717) is 29.7 Å². The van der Waals surface area contributed by atoms with Gasteiger partial charge in [-0.15, -0.1) is 0 Å². The molecule has 7 heteroatoms. The largest absolute Gasteiger partial charge is 0.317 e. The van der Waals surface area contributed by atoms with E-state index in [1.807, 2.05) is 0 Å². The highest BCUT2D eigenvalue weighted by Gasteiger charge is 2.28. The predicted molar refractivity (Wildman–Crippen MR) is 86.8 cm³/mol. The molecule has 1 saturated heterocycles. The van der Waals surface area contributed by atoms with Crippen LogP contribution in [-0.4, -0.2) is 38.9 Å². The first-order valence-electron chi connectivity index (χ1n) is 7.25. The Morgan fingerprint density at radius 3 is 2.71 bits per heavy atom. The van der Waals surface area contributed by atoms with Crippen molar-refractivity contribution in [3.63, 3.8) is 0 Å². The summed E-state index contributed by atoms with van der Waals surface area (Å²) in [6, 6.07) is 6.67. The second-order valence-corrected chi connectivity index (χ2v) is 7.40. The van der Waals surface area contributed by atoms with Crippen LogP contribution in [0.1, 0.15) is 19.8 Å². The van der Waals surface area contributed by atoms with Crippen LogP contribution >= 0.6 is 11.6 Å². The second-order valence-electron chi connectivity index (χ2n) is 5.29. The molecule has 118 valence electrons. The number of rotatable bonds is 6. The molecular formula is C14H22ClN3O2S. The summed E-state index contributed by atoms with van der Waals surface area (Å²) in [5.41, 5.74) is 0.535. The molecule has 1 aromatic carbocycles. The summed E-state index contributed by atoms with van der Waals surface area (Å²) in [4.78, 5) is 0. The first-order valence-corrected chi connectivity index (χ1v) is 9.07.